The maximum absolute atomic E-state index is 13.1. The van der Waals surface area contributed by atoms with Gasteiger partial charge in [0, 0.05) is 25.2 Å². The molecule has 1 unspecified atom stereocenters. The zero-order valence-electron chi connectivity index (χ0n) is 20.0. The summed E-state index contributed by atoms with van der Waals surface area (Å²) in [4.78, 5) is 39.6. The maximum Gasteiger partial charge on any atom is 0.408 e. The van der Waals surface area contributed by atoms with Gasteiger partial charge >= 0.3 is 12.1 Å². The summed E-state index contributed by atoms with van der Waals surface area (Å²) in [5.41, 5.74) is 0.282. The first-order valence-electron chi connectivity index (χ1n) is 11.6. The molecule has 2 atom stereocenters. The van der Waals surface area contributed by atoms with Gasteiger partial charge < -0.3 is 25.6 Å². The number of carbonyl (C=O) groups excluding carboxylic acids is 3. The number of urea groups is 1. The van der Waals surface area contributed by atoms with Crippen LogP contribution in [-0.4, -0.2) is 47.7 Å². The van der Waals surface area contributed by atoms with Crippen molar-refractivity contribution in [2.75, 3.05) is 18.4 Å². The molecule has 2 aromatic rings. The lowest BCUT2D eigenvalue weighted by molar-refractivity contribution is -0.131. The molecule has 2 aromatic carbocycles. The Morgan fingerprint density at radius 3 is 2.37 bits per heavy atom. The van der Waals surface area contributed by atoms with Gasteiger partial charge in [-0.25, -0.2) is 9.59 Å². The lowest BCUT2D eigenvalue weighted by Gasteiger charge is -2.27. The second-order valence-corrected chi connectivity index (χ2v) is 9.01. The summed E-state index contributed by atoms with van der Waals surface area (Å²) in [5.74, 6) is -0.483. The van der Waals surface area contributed by atoms with Crippen LogP contribution in [0.15, 0.2) is 60.7 Å². The summed E-state index contributed by atoms with van der Waals surface area (Å²) in [7, 11) is 0. The number of likely N-dealkylation sites (tertiary alicyclic amines) is 1. The fourth-order valence-corrected chi connectivity index (χ4v) is 3.82. The Morgan fingerprint density at radius 1 is 1.09 bits per heavy atom. The summed E-state index contributed by atoms with van der Waals surface area (Å²) >= 11 is 0. The normalized spacial score (nSPS) is 17.8. The summed E-state index contributed by atoms with van der Waals surface area (Å²) < 4.78 is 5.43. The average Bonchev–Trinajstić information content (AvgIpc) is 3.28. The molecule has 1 heterocycles. The number of rotatable bonds is 8. The number of hydrogen-bond donors (Lipinski definition) is 3. The van der Waals surface area contributed by atoms with Crippen molar-refractivity contribution in [2.24, 2.45) is 5.92 Å². The van der Waals surface area contributed by atoms with E-state index in [1.54, 1.807) is 12.1 Å². The Morgan fingerprint density at radius 2 is 1.74 bits per heavy atom. The van der Waals surface area contributed by atoms with Crippen molar-refractivity contribution in [1.29, 1.82) is 5.26 Å². The van der Waals surface area contributed by atoms with Crippen LogP contribution < -0.4 is 16.0 Å². The number of benzene rings is 2. The quantitative estimate of drug-likeness (QED) is 0.536. The van der Waals surface area contributed by atoms with Gasteiger partial charge in [-0.15, -0.1) is 0 Å². The van der Waals surface area contributed by atoms with Crippen molar-refractivity contribution in [2.45, 2.75) is 44.9 Å². The molecule has 35 heavy (non-hydrogen) atoms. The molecule has 0 radical (unpaired) electrons. The molecule has 9 nitrogen and oxygen atoms in total. The highest BCUT2D eigenvalue weighted by molar-refractivity contribution is 5.90. The summed E-state index contributed by atoms with van der Waals surface area (Å²) in [6, 6.07) is 20.2. The summed E-state index contributed by atoms with van der Waals surface area (Å²) in [6.45, 7) is 4.43. The predicted octanol–water partition coefficient (Wildman–Crippen LogP) is 3.64. The minimum absolute atomic E-state index is 0.0303. The van der Waals surface area contributed by atoms with Crippen LogP contribution in [0.2, 0.25) is 0 Å². The Balaban J connectivity index is 1.59. The highest BCUT2D eigenvalue weighted by Gasteiger charge is 2.43. The first-order valence-corrected chi connectivity index (χ1v) is 11.6. The molecule has 1 aliphatic heterocycles. The van der Waals surface area contributed by atoms with Crippen LogP contribution in [0.1, 0.15) is 32.3 Å². The molecular formula is C26H31N5O4. The Bertz CT molecular complexity index is 1050. The molecular weight excluding hydrogens is 446 g/mol. The number of ether oxygens (including phenoxy) is 1. The third kappa shape index (κ3) is 7.47. The van der Waals surface area contributed by atoms with E-state index in [9.17, 15) is 19.6 Å². The number of hydrogen-bond acceptors (Lipinski definition) is 5. The van der Waals surface area contributed by atoms with Crippen molar-refractivity contribution in [3.05, 3.63) is 66.2 Å². The van der Waals surface area contributed by atoms with Gasteiger partial charge in [0.25, 0.3) is 5.91 Å². The SMILES string of the molecule is CC(C)C[C@H](OC(=O)NCc1ccccc1)C(=O)NC1(C#N)CCN(C(=O)Nc2ccccc2)C1. The molecule has 0 spiro atoms. The van der Waals surface area contributed by atoms with Crippen molar-refractivity contribution in [3.8, 4) is 6.07 Å². The fraction of sp³-hybridized carbons (Fsp3) is 0.385. The van der Waals surface area contributed by atoms with E-state index >= 15 is 0 Å². The molecule has 1 fully saturated rings. The molecule has 0 aliphatic carbocycles. The van der Waals surface area contributed by atoms with E-state index < -0.39 is 23.6 Å². The van der Waals surface area contributed by atoms with Crippen LogP contribution in [0.4, 0.5) is 15.3 Å². The van der Waals surface area contributed by atoms with Gasteiger partial charge in [0.1, 0.15) is 5.54 Å². The minimum atomic E-state index is -1.26. The van der Waals surface area contributed by atoms with E-state index in [1.165, 1.54) is 4.90 Å². The lowest BCUT2D eigenvalue weighted by atomic mass is 9.99. The third-order valence-corrected chi connectivity index (χ3v) is 5.66. The molecule has 1 aliphatic rings. The Labute approximate surface area is 205 Å². The van der Waals surface area contributed by atoms with Gasteiger partial charge in [0.15, 0.2) is 6.10 Å². The molecule has 9 heteroatoms. The van der Waals surface area contributed by atoms with Crippen LogP contribution >= 0.6 is 0 Å². The van der Waals surface area contributed by atoms with Gasteiger partial charge in [-0.2, -0.15) is 5.26 Å². The molecule has 0 bridgehead atoms. The molecule has 3 rings (SSSR count). The van der Waals surface area contributed by atoms with Gasteiger partial charge in [-0.3, -0.25) is 4.79 Å². The molecule has 0 saturated carbocycles. The first-order chi connectivity index (χ1) is 16.8. The van der Waals surface area contributed by atoms with Crippen molar-refractivity contribution in [1.82, 2.24) is 15.5 Å². The second kappa shape index (κ2) is 11.9. The van der Waals surface area contributed by atoms with E-state index in [-0.39, 0.29) is 31.5 Å². The van der Waals surface area contributed by atoms with E-state index in [0.717, 1.165) is 5.56 Å². The van der Waals surface area contributed by atoms with Crippen molar-refractivity contribution >= 4 is 23.7 Å². The van der Waals surface area contributed by atoms with Crippen LogP contribution in [0.25, 0.3) is 0 Å². The zero-order valence-corrected chi connectivity index (χ0v) is 20.0. The smallest absolute Gasteiger partial charge is 0.408 e. The van der Waals surface area contributed by atoms with Crippen LogP contribution in [0.5, 0.6) is 0 Å². The molecule has 3 N–H and O–H groups in total. The van der Waals surface area contributed by atoms with Crippen LogP contribution in [0.3, 0.4) is 0 Å². The number of alkyl carbamates (subject to hydrolysis) is 1. The number of amides is 4. The summed E-state index contributed by atoms with van der Waals surface area (Å²) in [5, 5.41) is 18.1. The highest BCUT2D eigenvalue weighted by Crippen LogP contribution is 2.23. The molecule has 4 amide bonds. The van der Waals surface area contributed by atoms with Crippen LogP contribution in [-0.2, 0) is 16.1 Å². The van der Waals surface area contributed by atoms with Crippen LogP contribution in [0, 0.1) is 17.2 Å². The third-order valence-electron chi connectivity index (χ3n) is 5.66. The van der Waals surface area contributed by atoms with Gasteiger partial charge in [0.05, 0.1) is 12.6 Å². The molecule has 0 aromatic heterocycles. The summed E-state index contributed by atoms with van der Waals surface area (Å²) in [6.07, 6.45) is -1.21. The Hall–Kier alpha value is -4.06. The first kappa shape index (κ1) is 25.6. The van der Waals surface area contributed by atoms with Gasteiger partial charge in [0.2, 0.25) is 0 Å². The number of nitrogens with zero attached hydrogens (tertiary/aromatic N) is 2. The monoisotopic (exact) mass is 477 g/mol. The van der Waals surface area contributed by atoms with Gasteiger partial charge in [-0.05, 0) is 30.0 Å². The van der Waals surface area contributed by atoms with E-state index in [0.29, 0.717) is 18.7 Å². The van der Waals surface area contributed by atoms with Gasteiger partial charge in [-0.1, -0.05) is 62.4 Å². The highest BCUT2D eigenvalue weighted by atomic mass is 16.6. The number of para-hydroxylation sites is 1. The number of nitriles is 1. The number of nitrogens with one attached hydrogen (secondary N) is 3. The predicted molar refractivity (Wildman–Crippen MR) is 131 cm³/mol. The average molecular weight is 478 g/mol. The second-order valence-electron chi connectivity index (χ2n) is 9.01. The fourth-order valence-electron chi connectivity index (χ4n) is 3.82. The molecule has 1 saturated heterocycles. The number of carbonyl (C=O) groups is 3. The number of anilines is 1. The van der Waals surface area contributed by atoms with E-state index in [2.05, 4.69) is 22.0 Å². The maximum atomic E-state index is 13.1. The topological polar surface area (TPSA) is 124 Å². The van der Waals surface area contributed by atoms with Crippen molar-refractivity contribution in [3.63, 3.8) is 0 Å². The standard InChI is InChI=1S/C26H31N5O4/c1-19(2)15-22(35-25(34)28-16-20-9-5-3-6-10-20)23(32)30-26(17-27)13-14-31(18-26)24(33)29-21-11-7-4-8-12-21/h3-12,19,22H,13-16,18H2,1-2H3,(H,28,34)(H,29,33)(H,30,32)/t22-,26?/m0/s1. The largest absolute Gasteiger partial charge is 0.436 e. The molecule has 184 valence electrons. The van der Waals surface area contributed by atoms with Crippen molar-refractivity contribution < 1.29 is 19.1 Å². The van der Waals surface area contributed by atoms with E-state index in [4.69, 9.17) is 4.74 Å². The lowest BCUT2D eigenvalue weighted by Crippen LogP contribution is -2.54. The Kier molecular flexibility index (Phi) is 8.68. The van der Waals surface area contributed by atoms with E-state index in [1.807, 2.05) is 62.4 Å². The minimum Gasteiger partial charge on any atom is -0.436 e. The zero-order chi connectivity index (χ0) is 25.3.